The molecule has 0 radical (unpaired) electrons. The molecule has 100 valence electrons. The lowest BCUT2D eigenvalue weighted by Gasteiger charge is -2.17. The Labute approximate surface area is 110 Å². The van der Waals surface area contributed by atoms with Crippen LogP contribution in [0.15, 0.2) is 12.1 Å². The van der Waals surface area contributed by atoms with Gasteiger partial charge in [0.05, 0.1) is 0 Å². The van der Waals surface area contributed by atoms with Gasteiger partial charge in [-0.15, -0.1) is 0 Å². The van der Waals surface area contributed by atoms with E-state index >= 15 is 0 Å². The molecule has 1 aromatic heterocycles. The summed E-state index contributed by atoms with van der Waals surface area (Å²) in [4.78, 5) is 4.72. The summed E-state index contributed by atoms with van der Waals surface area (Å²) in [6.07, 6.45) is 7.20. The minimum absolute atomic E-state index is 1.07. The van der Waals surface area contributed by atoms with Crippen molar-refractivity contribution in [3.63, 3.8) is 0 Å². The van der Waals surface area contributed by atoms with Gasteiger partial charge in [0, 0.05) is 12.2 Å². The van der Waals surface area contributed by atoms with Crippen LogP contribution in [0.2, 0.25) is 0 Å². The first-order valence-electron chi connectivity index (χ1n) is 7.33. The summed E-state index contributed by atoms with van der Waals surface area (Å²) in [5.74, 6) is 1.13. The van der Waals surface area contributed by atoms with E-state index < -0.39 is 0 Å². The van der Waals surface area contributed by atoms with Gasteiger partial charge in [-0.3, -0.25) is 0 Å². The second kappa shape index (κ2) is 7.37. The molecule has 2 heterocycles. The third-order valence-electron chi connectivity index (χ3n) is 3.42. The van der Waals surface area contributed by atoms with Gasteiger partial charge >= 0.3 is 0 Å². The molecule has 0 fully saturated rings. The maximum atomic E-state index is 4.72. The Morgan fingerprint density at radius 3 is 3.11 bits per heavy atom. The van der Waals surface area contributed by atoms with Crippen LogP contribution in [0.5, 0.6) is 0 Å². The van der Waals surface area contributed by atoms with Gasteiger partial charge in [0.2, 0.25) is 0 Å². The highest BCUT2D eigenvalue weighted by Crippen LogP contribution is 2.20. The second-order valence-corrected chi connectivity index (χ2v) is 5.05. The van der Waals surface area contributed by atoms with Gasteiger partial charge in [-0.2, -0.15) is 0 Å². The predicted octanol–water partition coefficient (Wildman–Crippen LogP) is 2.76. The van der Waals surface area contributed by atoms with E-state index in [9.17, 15) is 0 Å². The summed E-state index contributed by atoms with van der Waals surface area (Å²) in [5, 5.41) is 6.84. The molecule has 2 rings (SSSR count). The zero-order chi connectivity index (χ0) is 12.6. The standard InChI is InChI=1S/C15H25N3/c1-2-10-16-11-4-3-7-14-9-8-13-6-5-12-17-15(13)18-14/h8-9,16H,2-7,10-12H2,1H3,(H,17,18). The van der Waals surface area contributed by atoms with Crippen molar-refractivity contribution >= 4 is 5.82 Å². The fraction of sp³-hybridized carbons (Fsp3) is 0.667. The number of hydrogen-bond acceptors (Lipinski definition) is 3. The number of anilines is 1. The average Bonchev–Trinajstić information content (AvgIpc) is 2.42. The lowest BCUT2D eigenvalue weighted by atomic mass is 10.1. The normalized spacial score (nSPS) is 14.1. The third kappa shape index (κ3) is 3.98. The number of hydrogen-bond donors (Lipinski definition) is 2. The Bertz CT molecular complexity index is 363. The maximum absolute atomic E-state index is 4.72. The van der Waals surface area contributed by atoms with E-state index in [0.29, 0.717) is 0 Å². The summed E-state index contributed by atoms with van der Waals surface area (Å²) in [7, 11) is 0. The van der Waals surface area contributed by atoms with Crippen molar-refractivity contribution in [2.45, 2.75) is 45.4 Å². The molecule has 0 saturated carbocycles. The van der Waals surface area contributed by atoms with Gasteiger partial charge in [0.25, 0.3) is 0 Å². The van der Waals surface area contributed by atoms with Crippen molar-refractivity contribution in [1.29, 1.82) is 0 Å². The Morgan fingerprint density at radius 2 is 2.22 bits per heavy atom. The van der Waals surface area contributed by atoms with Crippen molar-refractivity contribution in [1.82, 2.24) is 10.3 Å². The van der Waals surface area contributed by atoms with Crippen molar-refractivity contribution in [2.24, 2.45) is 0 Å². The Hall–Kier alpha value is -1.09. The first-order chi connectivity index (χ1) is 8.90. The van der Waals surface area contributed by atoms with Crippen molar-refractivity contribution in [2.75, 3.05) is 25.0 Å². The maximum Gasteiger partial charge on any atom is 0.129 e. The molecule has 3 nitrogen and oxygen atoms in total. The van der Waals surface area contributed by atoms with E-state index in [1.165, 1.54) is 43.4 Å². The highest BCUT2D eigenvalue weighted by atomic mass is 15.0. The molecule has 0 aliphatic carbocycles. The number of pyridine rings is 1. The molecule has 0 amide bonds. The number of fused-ring (bicyclic) bond motifs is 1. The molecule has 1 aliphatic rings. The topological polar surface area (TPSA) is 37.0 Å². The number of unbranched alkanes of at least 4 members (excludes halogenated alkanes) is 1. The molecular weight excluding hydrogens is 222 g/mol. The second-order valence-electron chi connectivity index (χ2n) is 5.05. The van der Waals surface area contributed by atoms with Crippen LogP contribution in [0, 0.1) is 0 Å². The van der Waals surface area contributed by atoms with Crippen LogP contribution in [-0.4, -0.2) is 24.6 Å². The highest BCUT2D eigenvalue weighted by molar-refractivity contribution is 5.46. The Kier molecular flexibility index (Phi) is 5.46. The SMILES string of the molecule is CCCNCCCCc1ccc2c(n1)NCCC2. The average molecular weight is 247 g/mol. The quantitative estimate of drug-likeness (QED) is 0.727. The van der Waals surface area contributed by atoms with Crippen LogP contribution in [0.3, 0.4) is 0 Å². The molecule has 0 aromatic carbocycles. The van der Waals surface area contributed by atoms with Crippen molar-refractivity contribution < 1.29 is 0 Å². The Balaban J connectivity index is 1.72. The molecule has 0 spiro atoms. The smallest absolute Gasteiger partial charge is 0.129 e. The van der Waals surface area contributed by atoms with Crippen molar-refractivity contribution in [3.05, 3.63) is 23.4 Å². The summed E-state index contributed by atoms with van der Waals surface area (Å²) < 4.78 is 0. The largest absolute Gasteiger partial charge is 0.370 e. The number of nitrogens with zero attached hydrogens (tertiary/aromatic N) is 1. The van der Waals surface area contributed by atoms with Crippen LogP contribution in [0.1, 0.15) is 43.9 Å². The molecule has 0 atom stereocenters. The van der Waals surface area contributed by atoms with Crippen LogP contribution < -0.4 is 10.6 Å². The molecule has 18 heavy (non-hydrogen) atoms. The predicted molar refractivity (Wildman–Crippen MR) is 77.1 cm³/mol. The van der Waals surface area contributed by atoms with Crippen LogP contribution in [0.4, 0.5) is 5.82 Å². The first kappa shape index (κ1) is 13.3. The molecule has 3 heteroatoms. The van der Waals surface area contributed by atoms with E-state index in [-0.39, 0.29) is 0 Å². The number of nitrogens with one attached hydrogen (secondary N) is 2. The highest BCUT2D eigenvalue weighted by Gasteiger charge is 2.09. The van der Waals surface area contributed by atoms with E-state index in [4.69, 9.17) is 4.98 Å². The lowest BCUT2D eigenvalue weighted by molar-refractivity contribution is 0.614. The molecule has 0 unspecified atom stereocenters. The summed E-state index contributed by atoms with van der Waals surface area (Å²) in [5.41, 5.74) is 2.62. The van der Waals surface area contributed by atoms with E-state index in [2.05, 4.69) is 29.7 Å². The Morgan fingerprint density at radius 1 is 1.28 bits per heavy atom. The van der Waals surface area contributed by atoms with Gasteiger partial charge in [0.1, 0.15) is 5.82 Å². The molecule has 0 bridgehead atoms. The fourth-order valence-corrected chi connectivity index (χ4v) is 2.37. The minimum atomic E-state index is 1.07. The minimum Gasteiger partial charge on any atom is -0.370 e. The lowest BCUT2D eigenvalue weighted by Crippen LogP contribution is -2.16. The van der Waals surface area contributed by atoms with E-state index in [0.717, 1.165) is 31.9 Å². The fourth-order valence-electron chi connectivity index (χ4n) is 2.37. The molecule has 0 saturated heterocycles. The zero-order valence-corrected chi connectivity index (χ0v) is 11.5. The van der Waals surface area contributed by atoms with Gasteiger partial charge < -0.3 is 10.6 Å². The van der Waals surface area contributed by atoms with E-state index in [1.54, 1.807) is 0 Å². The third-order valence-corrected chi connectivity index (χ3v) is 3.42. The van der Waals surface area contributed by atoms with Gasteiger partial charge in [-0.25, -0.2) is 4.98 Å². The molecular formula is C15H25N3. The number of aryl methyl sites for hydroxylation is 2. The van der Waals surface area contributed by atoms with Crippen LogP contribution in [-0.2, 0) is 12.8 Å². The summed E-state index contributed by atoms with van der Waals surface area (Å²) in [6, 6.07) is 4.45. The first-order valence-corrected chi connectivity index (χ1v) is 7.33. The van der Waals surface area contributed by atoms with Gasteiger partial charge in [-0.05, 0) is 63.2 Å². The van der Waals surface area contributed by atoms with Crippen LogP contribution >= 0.6 is 0 Å². The summed E-state index contributed by atoms with van der Waals surface area (Å²) >= 11 is 0. The number of aromatic nitrogens is 1. The van der Waals surface area contributed by atoms with Crippen molar-refractivity contribution in [3.8, 4) is 0 Å². The zero-order valence-electron chi connectivity index (χ0n) is 11.5. The van der Waals surface area contributed by atoms with E-state index in [1.807, 2.05) is 0 Å². The van der Waals surface area contributed by atoms with Gasteiger partial charge in [-0.1, -0.05) is 13.0 Å². The monoisotopic (exact) mass is 247 g/mol. The number of rotatable bonds is 7. The summed E-state index contributed by atoms with van der Waals surface area (Å²) in [6.45, 7) is 5.56. The van der Waals surface area contributed by atoms with Crippen LogP contribution in [0.25, 0.3) is 0 Å². The molecule has 1 aliphatic heterocycles. The molecule has 1 aromatic rings. The molecule has 2 N–H and O–H groups in total. The van der Waals surface area contributed by atoms with Gasteiger partial charge in [0.15, 0.2) is 0 Å².